The molecule has 1 aromatic carbocycles. The van der Waals surface area contributed by atoms with E-state index in [1.165, 1.54) is 19.2 Å². The number of furan rings is 1. The molecule has 1 amide bonds. The van der Waals surface area contributed by atoms with Crippen LogP contribution in [0.1, 0.15) is 34.3 Å². The molecule has 0 fully saturated rings. The van der Waals surface area contributed by atoms with Crippen LogP contribution in [0.2, 0.25) is 0 Å². The fourth-order valence-electron chi connectivity index (χ4n) is 2.91. The zero-order chi connectivity index (χ0) is 23.9. The van der Waals surface area contributed by atoms with Gasteiger partial charge in [-0.05, 0) is 35.8 Å². The van der Waals surface area contributed by atoms with Gasteiger partial charge in [-0.2, -0.15) is 0 Å². The molecule has 4 aromatic rings. The number of hydrogen-bond acceptors (Lipinski definition) is 9. The highest BCUT2D eigenvalue weighted by Crippen LogP contribution is 2.25. The standard InChI is InChI=1S/C23H20N4O7/c1-14(23(29)30)31-19-10-9-16(32-19)13-25-20(28)17-8-5-11-24-21(17)33-22-18(26-34-27-22)12-15-6-3-2-4-7-15/h2-11,14H,12-13H2,1H3,(H,25,28)(H,29,30)/t14-/m1/s1. The van der Waals surface area contributed by atoms with Crippen LogP contribution in [0.15, 0.2) is 69.8 Å². The number of aromatic nitrogens is 3. The molecular formula is C23H20N4O7. The largest absolute Gasteiger partial charge is 0.479 e. The van der Waals surface area contributed by atoms with Gasteiger partial charge >= 0.3 is 5.97 Å². The first-order valence-corrected chi connectivity index (χ1v) is 10.2. The predicted molar refractivity (Wildman–Crippen MR) is 115 cm³/mol. The molecule has 0 radical (unpaired) electrons. The number of hydrogen-bond donors (Lipinski definition) is 2. The molecule has 0 aliphatic rings. The second-order valence-electron chi connectivity index (χ2n) is 7.14. The number of pyridine rings is 1. The lowest BCUT2D eigenvalue weighted by Crippen LogP contribution is -2.23. The van der Waals surface area contributed by atoms with E-state index in [0.29, 0.717) is 17.9 Å². The van der Waals surface area contributed by atoms with Gasteiger partial charge in [-0.25, -0.2) is 14.4 Å². The maximum Gasteiger partial charge on any atom is 0.344 e. The number of nitrogens with zero attached hydrogens (tertiary/aromatic N) is 3. The maximum atomic E-state index is 12.8. The van der Waals surface area contributed by atoms with Gasteiger partial charge in [-0.3, -0.25) is 4.79 Å². The second-order valence-corrected chi connectivity index (χ2v) is 7.14. The molecule has 0 saturated heterocycles. The van der Waals surface area contributed by atoms with Crippen molar-refractivity contribution in [2.75, 3.05) is 0 Å². The van der Waals surface area contributed by atoms with Gasteiger partial charge in [0, 0.05) is 18.7 Å². The molecule has 3 aromatic heterocycles. The first kappa shape index (κ1) is 22.5. The van der Waals surface area contributed by atoms with Crippen molar-refractivity contribution < 1.29 is 33.2 Å². The van der Waals surface area contributed by atoms with Crippen LogP contribution in [-0.4, -0.2) is 38.4 Å². The molecule has 2 N–H and O–H groups in total. The van der Waals surface area contributed by atoms with Crippen LogP contribution in [0, 0.1) is 0 Å². The van der Waals surface area contributed by atoms with Crippen molar-refractivity contribution in [1.29, 1.82) is 0 Å². The van der Waals surface area contributed by atoms with Crippen molar-refractivity contribution in [1.82, 2.24) is 20.6 Å². The topological polar surface area (TPSA) is 150 Å². The molecule has 34 heavy (non-hydrogen) atoms. The van der Waals surface area contributed by atoms with Gasteiger partial charge < -0.3 is 24.3 Å². The lowest BCUT2D eigenvalue weighted by atomic mass is 10.1. The number of benzene rings is 1. The molecule has 0 saturated carbocycles. The second kappa shape index (κ2) is 10.3. The summed E-state index contributed by atoms with van der Waals surface area (Å²) in [7, 11) is 0. The van der Waals surface area contributed by atoms with Crippen LogP contribution >= 0.6 is 0 Å². The van der Waals surface area contributed by atoms with Gasteiger partial charge in [-0.15, -0.1) is 0 Å². The van der Waals surface area contributed by atoms with E-state index in [9.17, 15) is 9.59 Å². The van der Waals surface area contributed by atoms with E-state index in [1.54, 1.807) is 18.2 Å². The Labute approximate surface area is 193 Å². The summed E-state index contributed by atoms with van der Waals surface area (Å²) in [6.45, 7) is 1.41. The molecule has 0 aliphatic carbocycles. The van der Waals surface area contributed by atoms with Crippen LogP contribution in [0.3, 0.4) is 0 Å². The van der Waals surface area contributed by atoms with E-state index < -0.39 is 18.0 Å². The molecule has 11 heteroatoms. The lowest BCUT2D eigenvalue weighted by molar-refractivity contribution is -0.144. The Morgan fingerprint density at radius 1 is 1.06 bits per heavy atom. The summed E-state index contributed by atoms with van der Waals surface area (Å²) in [6, 6.07) is 15.8. The summed E-state index contributed by atoms with van der Waals surface area (Å²) >= 11 is 0. The molecule has 174 valence electrons. The van der Waals surface area contributed by atoms with E-state index in [-0.39, 0.29) is 29.8 Å². The van der Waals surface area contributed by atoms with Gasteiger partial charge in [0.15, 0.2) is 11.8 Å². The summed E-state index contributed by atoms with van der Waals surface area (Å²) in [5.41, 5.74) is 1.61. The molecule has 0 spiro atoms. The molecule has 3 heterocycles. The average Bonchev–Trinajstić information content (AvgIpc) is 3.47. The molecule has 4 rings (SSSR count). The SMILES string of the molecule is C[C@@H](Oc1ccc(CNC(=O)c2cccnc2Oc2nonc2Cc2ccccc2)o1)C(=O)O. The highest BCUT2D eigenvalue weighted by Gasteiger charge is 2.20. The van der Waals surface area contributed by atoms with Crippen molar-refractivity contribution >= 4 is 11.9 Å². The highest BCUT2D eigenvalue weighted by atomic mass is 16.6. The van der Waals surface area contributed by atoms with Crippen molar-refractivity contribution in [2.45, 2.75) is 26.0 Å². The van der Waals surface area contributed by atoms with Gasteiger partial charge in [0.05, 0.1) is 6.54 Å². The molecule has 11 nitrogen and oxygen atoms in total. The van der Waals surface area contributed by atoms with Gasteiger partial charge in [0.2, 0.25) is 5.88 Å². The third-order valence-corrected chi connectivity index (χ3v) is 4.65. The number of carbonyl (C=O) groups excluding carboxylic acids is 1. The van der Waals surface area contributed by atoms with Crippen LogP contribution < -0.4 is 14.8 Å². The van der Waals surface area contributed by atoms with Gasteiger partial charge in [0.25, 0.3) is 17.7 Å². The van der Waals surface area contributed by atoms with Crippen molar-refractivity contribution in [3.8, 4) is 17.7 Å². The molecular weight excluding hydrogens is 444 g/mol. The summed E-state index contributed by atoms with van der Waals surface area (Å²) in [5.74, 6) is -1.04. The van der Waals surface area contributed by atoms with Crippen LogP contribution in [0.4, 0.5) is 0 Å². The number of carbonyl (C=O) groups is 2. The third kappa shape index (κ3) is 5.57. The summed E-state index contributed by atoms with van der Waals surface area (Å²) in [4.78, 5) is 27.8. The zero-order valence-electron chi connectivity index (χ0n) is 18.0. The van der Waals surface area contributed by atoms with Crippen LogP contribution in [0.5, 0.6) is 17.7 Å². The van der Waals surface area contributed by atoms with E-state index in [1.807, 2.05) is 30.3 Å². The monoisotopic (exact) mass is 464 g/mol. The first-order chi connectivity index (χ1) is 16.5. The summed E-state index contributed by atoms with van der Waals surface area (Å²) in [5, 5.41) is 19.3. The Kier molecular flexibility index (Phi) is 6.82. The summed E-state index contributed by atoms with van der Waals surface area (Å²) in [6.07, 6.45) is 0.842. The maximum absolute atomic E-state index is 12.8. The van der Waals surface area contributed by atoms with E-state index in [4.69, 9.17) is 23.6 Å². The first-order valence-electron chi connectivity index (χ1n) is 10.2. The summed E-state index contributed by atoms with van der Waals surface area (Å²) < 4.78 is 21.1. The highest BCUT2D eigenvalue weighted by molar-refractivity contribution is 5.96. The number of rotatable bonds is 10. The fourth-order valence-corrected chi connectivity index (χ4v) is 2.91. The van der Waals surface area contributed by atoms with Crippen LogP contribution in [0.25, 0.3) is 0 Å². The van der Waals surface area contributed by atoms with Gasteiger partial charge in [0.1, 0.15) is 11.3 Å². The number of amides is 1. The lowest BCUT2D eigenvalue weighted by Gasteiger charge is -2.09. The minimum atomic E-state index is -1.12. The number of ether oxygens (including phenoxy) is 2. The molecule has 0 aliphatic heterocycles. The fraction of sp³-hybridized carbons (Fsp3) is 0.174. The van der Waals surface area contributed by atoms with Crippen molar-refractivity contribution in [2.24, 2.45) is 0 Å². The van der Waals surface area contributed by atoms with Crippen molar-refractivity contribution in [3.63, 3.8) is 0 Å². The smallest absolute Gasteiger partial charge is 0.344 e. The minimum absolute atomic E-state index is 0.0305. The van der Waals surface area contributed by atoms with E-state index in [0.717, 1.165) is 5.56 Å². The normalized spacial score (nSPS) is 11.6. The zero-order valence-corrected chi connectivity index (χ0v) is 18.0. The quantitative estimate of drug-likeness (QED) is 0.358. The molecule has 1 atom stereocenters. The van der Waals surface area contributed by atoms with E-state index >= 15 is 0 Å². The Hall–Kier alpha value is -4.67. The Morgan fingerprint density at radius 2 is 1.88 bits per heavy atom. The number of nitrogens with one attached hydrogen (secondary N) is 1. The van der Waals surface area contributed by atoms with Gasteiger partial charge in [-0.1, -0.05) is 35.5 Å². The van der Waals surface area contributed by atoms with Crippen LogP contribution in [-0.2, 0) is 17.8 Å². The Bertz CT molecular complexity index is 1270. The minimum Gasteiger partial charge on any atom is -0.479 e. The van der Waals surface area contributed by atoms with E-state index in [2.05, 4.69) is 20.6 Å². The predicted octanol–water partition coefficient (Wildman–Crippen LogP) is 3.22. The van der Waals surface area contributed by atoms with Crippen molar-refractivity contribution in [3.05, 3.63) is 83.4 Å². The number of carboxylic acids is 1. The molecule has 0 unspecified atom stereocenters. The molecule has 0 bridgehead atoms. The number of aliphatic carboxylic acids is 1. The number of carboxylic acid groups (broad SMARTS) is 1. The Morgan fingerprint density at radius 3 is 2.68 bits per heavy atom. The Balaban J connectivity index is 1.41. The third-order valence-electron chi connectivity index (χ3n) is 4.65. The average molecular weight is 464 g/mol.